The fourth-order valence-electron chi connectivity index (χ4n) is 3.52. The van der Waals surface area contributed by atoms with Gasteiger partial charge >= 0.3 is 0 Å². The third-order valence-corrected chi connectivity index (χ3v) is 4.69. The number of nitrogens with zero attached hydrogens (tertiary/aromatic N) is 5. The highest BCUT2D eigenvalue weighted by Crippen LogP contribution is 2.23. The molecule has 4 heterocycles. The highest BCUT2D eigenvalue weighted by molar-refractivity contribution is 6.00. The maximum Gasteiger partial charge on any atom is 0.274 e. The lowest BCUT2D eigenvalue weighted by Gasteiger charge is -2.35. The number of pyridine rings is 1. The Morgan fingerprint density at radius 3 is 2.73 bits per heavy atom. The Morgan fingerprint density at radius 1 is 1.27 bits per heavy atom. The zero-order valence-corrected chi connectivity index (χ0v) is 15.3. The van der Waals surface area contributed by atoms with E-state index in [0.717, 1.165) is 17.8 Å². The summed E-state index contributed by atoms with van der Waals surface area (Å²) in [6, 6.07) is 5.78. The molecule has 0 spiro atoms. The Kier molecular flexibility index (Phi) is 4.24. The summed E-state index contributed by atoms with van der Waals surface area (Å²) in [5, 5.41) is 0. The van der Waals surface area contributed by atoms with Crippen LogP contribution in [0.2, 0.25) is 0 Å². The molecule has 0 bridgehead atoms. The number of aromatic nitrogens is 4. The van der Waals surface area contributed by atoms with Crippen LogP contribution in [0.5, 0.6) is 0 Å². The van der Waals surface area contributed by atoms with Crippen LogP contribution in [0.3, 0.4) is 0 Å². The molecule has 1 amide bonds. The van der Waals surface area contributed by atoms with Crippen LogP contribution in [0, 0.1) is 0 Å². The SMILES string of the molecule is CCn1cnc(-c2nc(C(=O)N3CC(C)OC(C)C3)c3ccccn23)c1. The van der Waals surface area contributed by atoms with Gasteiger partial charge in [0.1, 0.15) is 5.69 Å². The van der Waals surface area contributed by atoms with Crippen LogP contribution in [-0.4, -0.2) is 55.0 Å². The molecule has 0 aliphatic carbocycles. The molecule has 136 valence electrons. The first-order chi connectivity index (χ1) is 12.6. The van der Waals surface area contributed by atoms with Crippen molar-refractivity contribution in [3.05, 3.63) is 42.6 Å². The largest absolute Gasteiger partial charge is 0.372 e. The Bertz CT molecular complexity index is 934. The minimum Gasteiger partial charge on any atom is -0.372 e. The summed E-state index contributed by atoms with van der Waals surface area (Å²) in [4.78, 5) is 24.2. The number of hydrogen-bond acceptors (Lipinski definition) is 4. The monoisotopic (exact) mass is 353 g/mol. The molecule has 1 aliphatic heterocycles. The van der Waals surface area contributed by atoms with E-state index in [-0.39, 0.29) is 18.1 Å². The zero-order valence-electron chi connectivity index (χ0n) is 15.3. The van der Waals surface area contributed by atoms with Crippen LogP contribution in [0.15, 0.2) is 36.9 Å². The van der Waals surface area contributed by atoms with Crippen molar-refractivity contribution in [1.82, 2.24) is 23.8 Å². The fraction of sp³-hybridized carbons (Fsp3) is 0.421. The number of carbonyl (C=O) groups is 1. The second-order valence-electron chi connectivity index (χ2n) is 6.80. The van der Waals surface area contributed by atoms with Gasteiger partial charge in [-0.1, -0.05) is 6.07 Å². The number of carbonyl (C=O) groups excluding carboxylic acids is 1. The molecule has 0 saturated carbocycles. The summed E-state index contributed by atoms with van der Waals surface area (Å²) < 4.78 is 9.67. The second-order valence-corrected chi connectivity index (χ2v) is 6.80. The molecule has 0 N–H and O–H groups in total. The number of rotatable bonds is 3. The van der Waals surface area contributed by atoms with Gasteiger partial charge in [-0.05, 0) is 32.9 Å². The van der Waals surface area contributed by atoms with E-state index in [1.54, 1.807) is 6.33 Å². The Morgan fingerprint density at radius 2 is 2.04 bits per heavy atom. The minimum absolute atomic E-state index is 0.0244. The Balaban J connectivity index is 1.77. The summed E-state index contributed by atoms with van der Waals surface area (Å²) in [7, 11) is 0. The van der Waals surface area contributed by atoms with Gasteiger partial charge in [0.15, 0.2) is 11.5 Å². The van der Waals surface area contributed by atoms with Crippen molar-refractivity contribution >= 4 is 11.4 Å². The van der Waals surface area contributed by atoms with Crippen molar-refractivity contribution in [2.45, 2.75) is 39.5 Å². The summed E-state index contributed by atoms with van der Waals surface area (Å²) >= 11 is 0. The van der Waals surface area contributed by atoms with Crippen LogP contribution in [0.4, 0.5) is 0 Å². The van der Waals surface area contributed by atoms with E-state index in [4.69, 9.17) is 4.74 Å². The van der Waals surface area contributed by atoms with Gasteiger partial charge in [-0.25, -0.2) is 9.97 Å². The van der Waals surface area contributed by atoms with Gasteiger partial charge in [-0.2, -0.15) is 0 Å². The van der Waals surface area contributed by atoms with Crippen molar-refractivity contribution in [3.63, 3.8) is 0 Å². The summed E-state index contributed by atoms with van der Waals surface area (Å²) in [6.07, 6.45) is 5.71. The van der Waals surface area contributed by atoms with E-state index in [1.807, 2.05) is 58.3 Å². The van der Waals surface area contributed by atoms with Crippen molar-refractivity contribution < 1.29 is 9.53 Å². The first-order valence-corrected chi connectivity index (χ1v) is 9.00. The standard InChI is InChI=1S/C19H23N5O2/c1-4-22-11-15(20-12-22)18-21-17(16-7-5-6-8-24(16)18)19(25)23-9-13(2)26-14(3)10-23/h5-8,11-14H,4,9-10H2,1-3H3. The van der Waals surface area contributed by atoms with Crippen LogP contribution in [0.25, 0.3) is 17.0 Å². The number of ether oxygens (including phenoxy) is 1. The minimum atomic E-state index is -0.0584. The molecule has 1 saturated heterocycles. The predicted molar refractivity (Wildman–Crippen MR) is 98.0 cm³/mol. The summed E-state index contributed by atoms with van der Waals surface area (Å²) in [5.74, 6) is 0.627. The molecule has 3 aromatic heterocycles. The molecule has 1 aliphatic rings. The maximum absolute atomic E-state index is 13.2. The number of aryl methyl sites for hydroxylation is 1. The highest BCUT2D eigenvalue weighted by Gasteiger charge is 2.29. The fourth-order valence-corrected chi connectivity index (χ4v) is 3.52. The van der Waals surface area contributed by atoms with Gasteiger partial charge < -0.3 is 14.2 Å². The van der Waals surface area contributed by atoms with Crippen LogP contribution >= 0.6 is 0 Å². The van der Waals surface area contributed by atoms with E-state index in [2.05, 4.69) is 16.9 Å². The number of fused-ring (bicyclic) bond motifs is 1. The topological polar surface area (TPSA) is 64.7 Å². The average Bonchev–Trinajstić information content (AvgIpc) is 3.24. The molecule has 1 fully saturated rings. The van der Waals surface area contributed by atoms with E-state index in [0.29, 0.717) is 24.6 Å². The van der Waals surface area contributed by atoms with E-state index in [1.165, 1.54) is 0 Å². The van der Waals surface area contributed by atoms with Gasteiger partial charge in [0.2, 0.25) is 0 Å². The molecule has 7 heteroatoms. The lowest BCUT2D eigenvalue weighted by atomic mass is 10.2. The molecule has 0 aromatic carbocycles. The molecule has 26 heavy (non-hydrogen) atoms. The first-order valence-electron chi connectivity index (χ1n) is 9.00. The van der Waals surface area contributed by atoms with E-state index >= 15 is 0 Å². The van der Waals surface area contributed by atoms with Gasteiger partial charge in [0.25, 0.3) is 5.91 Å². The highest BCUT2D eigenvalue weighted by atomic mass is 16.5. The summed E-state index contributed by atoms with van der Waals surface area (Å²) in [5.41, 5.74) is 2.02. The number of hydrogen-bond donors (Lipinski definition) is 0. The molecular weight excluding hydrogens is 330 g/mol. The van der Waals surface area contributed by atoms with Crippen LogP contribution in [0.1, 0.15) is 31.3 Å². The lowest BCUT2D eigenvalue weighted by Crippen LogP contribution is -2.48. The smallest absolute Gasteiger partial charge is 0.274 e. The molecule has 4 rings (SSSR count). The van der Waals surface area contributed by atoms with Gasteiger partial charge in [-0.15, -0.1) is 0 Å². The predicted octanol–water partition coefficient (Wildman–Crippen LogP) is 2.47. The van der Waals surface area contributed by atoms with Crippen LogP contribution < -0.4 is 0 Å². The normalized spacial score (nSPS) is 20.7. The second kappa shape index (κ2) is 6.57. The first kappa shape index (κ1) is 16.8. The van der Waals surface area contributed by atoms with Gasteiger partial charge in [0.05, 0.1) is 24.1 Å². The Hall–Kier alpha value is -2.67. The van der Waals surface area contributed by atoms with Gasteiger partial charge in [0, 0.05) is 32.0 Å². The third kappa shape index (κ3) is 2.88. The van der Waals surface area contributed by atoms with Gasteiger partial charge in [-0.3, -0.25) is 9.20 Å². The molecule has 0 radical (unpaired) electrons. The molecule has 7 nitrogen and oxygen atoms in total. The van der Waals surface area contributed by atoms with Crippen molar-refractivity contribution in [3.8, 4) is 11.5 Å². The third-order valence-electron chi connectivity index (χ3n) is 4.69. The number of morpholine rings is 1. The van der Waals surface area contributed by atoms with Crippen molar-refractivity contribution in [2.24, 2.45) is 0 Å². The van der Waals surface area contributed by atoms with Crippen LogP contribution in [-0.2, 0) is 11.3 Å². The average molecular weight is 353 g/mol. The van der Waals surface area contributed by atoms with Crippen molar-refractivity contribution in [1.29, 1.82) is 0 Å². The zero-order chi connectivity index (χ0) is 18.3. The van der Waals surface area contributed by atoms with E-state index < -0.39 is 0 Å². The lowest BCUT2D eigenvalue weighted by molar-refractivity contribution is -0.0586. The quantitative estimate of drug-likeness (QED) is 0.726. The van der Waals surface area contributed by atoms with Crippen molar-refractivity contribution in [2.75, 3.05) is 13.1 Å². The molecule has 3 aromatic rings. The summed E-state index contributed by atoms with van der Waals surface area (Å²) in [6.45, 7) is 8.04. The molecular formula is C19H23N5O2. The number of amides is 1. The number of imidazole rings is 2. The maximum atomic E-state index is 13.2. The molecule has 2 unspecified atom stereocenters. The molecule has 2 atom stereocenters. The van der Waals surface area contributed by atoms with E-state index in [9.17, 15) is 4.79 Å². The Labute approximate surface area is 152 Å².